The molecule has 0 radical (unpaired) electrons. The first kappa shape index (κ1) is 9.26. The molecule has 1 N–H and O–H groups in total. The third-order valence-electron chi connectivity index (χ3n) is 1.79. The fourth-order valence-corrected chi connectivity index (χ4v) is 0.972. The van der Waals surface area contributed by atoms with Crippen LogP contribution in [0, 0.1) is 0 Å². The highest BCUT2D eigenvalue weighted by Gasteiger charge is 2.09. The lowest BCUT2D eigenvalue weighted by Gasteiger charge is -2.00. The van der Waals surface area contributed by atoms with Crippen molar-refractivity contribution in [3.05, 3.63) is 17.8 Å². The van der Waals surface area contributed by atoms with Gasteiger partial charge in [-0.1, -0.05) is 13.8 Å². The number of aliphatic hydroxyl groups excluding tert-OH is 1. The summed E-state index contributed by atoms with van der Waals surface area (Å²) in [6, 6.07) is 0. The number of oxazole rings is 1. The minimum Gasteiger partial charge on any atom is -0.445 e. The van der Waals surface area contributed by atoms with Crippen molar-refractivity contribution in [1.29, 1.82) is 0 Å². The summed E-state index contributed by atoms with van der Waals surface area (Å²) in [6.45, 7) is 4.11. The molecule has 1 aromatic rings. The molecule has 12 heavy (non-hydrogen) atoms. The Labute approximate surface area is 72.4 Å². The first-order chi connectivity index (χ1) is 5.77. The predicted molar refractivity (Wildman–Crippen MR) is 46.0 cm³/mol. The summed E-state index contributed by atoms with van der Waals surface area (Å²) in [5.74, 6) is 1.61. The first-order valence-electron chi connectivity index (χ1n) is 4.33. The van der Waals surface area contributed by atoms with E-state index in [1.807, 2.05) is 6.92 Å². The third kappa shape index (κ3) is 2.08. The summed E-state index contributed by atoms with van der Waals surface area (Å²) in [4.78, 5) is 4.10. The van der Waals surface area contributed by atoms with E-state index < -0.39 is 0 Å². The Hall–Kier alpha value is -0.830. The molecule has 0 bridgehead atoms. The number of aliphatic hydroxyl groups is 1. The minimum absolute atomic E-state index is 0.0584. The van der Waals surface area contributed by atoms with Gasteiger partial charge in [0.05, 0.1) is 12.8 Å². The van der Waals surface area contributed by atoms with Crippen LogP contribution in [-0.2, 0) is 6.42 Å². The number of hydrogen-bond donors (Lipinski definition) is 1. The standard InChI is InChI=1S/C9H15NO2/c1-3-4-9-10-5-8(12-9)7(2)6-11/h5,7,11H,3-4,6H2,1-2H3. The first-order valence-corrected chi connectivity index (χ1v) is 4.33. The fraction of sp³-hybridized carbons (Fsp3) is 0.667. The highest BCUT2D eigenvalue weighted by Crippen LogP contribution is 2.15. The van der Waals surface area contributed by atoms with Crippen molar-refractivity contribution in [3.63, 3.8) is 0 Å². The van der Waals surface area contributed by atoms with E-state index in [0.29, 0.717) is 0 Å². The van der Waals surface area contributed by atoms with E-state index in [1.165, 1.54) is 0 Å². The molecule has 1 heterocycles. The zero-order valence-corrected chi connectivity index (χ0v) is 7.58. The van der Waals surface area contributed by atoms with Crippen LogP contribution in [0.15, 0.2) is 10.6 Å². The molecule has 1 rings (SSSR count). The number of hydrogen-bond acceptors (Lipinski definition) is 3. The lowest BCUT2D eigenvalue weighted by molar-refractivity contribution is 0.255. The van der Waals surface area contributed by atoms with Crippen LogP contribution in [0.5, 0.6) is 0 Å². The molecule has 68 valence electrons. The maximum Gasteiger partial charge on any atom is 0.194 e. The average Bonchev–Trinajstić information content (AvgIpc) is 2.52. The summed E-state index contributed by atoms with van der Waals surface area (Å²) in [6.07, 6.45) is 3.61. The monoisotopic (exact) mass is 169 g/mol. The highest BCUT2D eigenvalue weighted by molar-refractivity contribution is 5.00. The summed E-state index contributed by atoms with van der Waals surface area (Å²) in [7, 11) is 0. The van der Waals surface area contributed by atoms with E-state index in [1.54, 1.807) is 6.20 Å². The van der Waals surface area contributed by atoms with Crippen LogP contribution >= 0.6 is 0 Å². The molecule has 3 nitrogen and oxygen atoms in total. The normalized spacial score (nSPS) is 13.2. The van der Waals surface area contributed by atoms with Gasteiger partial charge in [-0.2, -0.15) is 0 Å². The molecule has 0 spiro atoms. The van der Waals surface area contributed by atoms with Crippen molar-refractivity contribution in [2.24, 2.45) is 0 Å². The van der Waals surface area contributed by atoms with Crippen LogP contribution in [-0.4, -0.2) is 16.7 Å². The maximum atomic E-state index is 8.84. The molecule has 0 aliphatic heterocycles. The summed E-state index contributed by atoms with van der Waals surface area (Å²) in [5.41, 5.74) is 0. The molecule has 1 unspecified atom stereocenters. The Kier molecular flexibility index (Phi) is 3.29. The molecule has 3 heteroatoms. The van der Waals surface area contributed by atoms with Gasteiger partial charge in [0.1, 0.15) is 5.76 Å². The Morgan fingerprint density at radius 1 is 1.67 bits per heavy atom. The maximum absolute atomic E-state index is 8.84. The van der Waals surface area contributed by atoms with Crippen LogP contribution in [0.1, 0.15) is 37.8 Å². The lowest BCUT2D eigenvalue weighted by atomic mass is 10.1. The van der Waals surface area contributed by atoms with Crippen molar-refractivity contribution in [1.82, 2.24) is 4.98 Å². The number of rotatable bonds is 4. The van der Waals surface area contributed by atoms with Crippen molar-refractivity contribution in [3.8, 4) is 0 Å². The van der Waals surface area contributed by atoms with Crippen molar-refractivity contribution < 1.29 is 9.52 Å². The summed E-state index contributed by atoms with van der Waals surface area (Å²) >= 11 is 0. The average molecular weight is 169 g/mol. The minimum atomic E-state index is 0.0584. The van der Waals surface area contributed by atoms with Crippen LogP contribution in [0.3, 0.4) is 0 Å². The van der Waals surface area contributed by atoms with Crippen LogP contribution in [0.2, 0.25) is 0 Å². The largest absolute Gasteiger partial charge is 0.445 e. The van der Waals surface area contributed by atoms with Gasteiger partial charge in [0, 0.05) is 12.3 Å². The smallest absolute Gasteiger partial charge is 0.194 e. The molecule has 1 aromatic heterocycles. The lowest BCUT2D eigenvalue weighted by Crippen LogP contribution is -1.96. The Balaban J connectivity index is 2.63. The van der Waals surface area contributed by atoms with Gasteiger partial charge < -0.3 is 9.52 Å². The van der Waals surface area contributed by atoms with Gasteiger partial charge in [-0.25, -0.2) is 4.98 Å². The van der Waals surface area contributed by atoms with E-state index in [4.69, 9.17) is 9.52 Å². The van der Waals surface area contributed by atoms with Crippen molar-refractivity contribution >= 4 is 0 Å². The molecule has 0 aliphatic rings. The van der Waals surface area contributed by atoms with Gasteiger partial charge in [0.15, 0.2) is 5.89 Å². The zero-order chi connectivity index (χ0) is 8.97. The Bertz CT molecular complexity index is 232. The Morgan fingerprint density at radius 2 is 2.42 bits per heavy atom. The van der Waals surface area contributed by atoms with Gasteiger partial charge in [-0.15, -0.1) is 0 Å². The fourth-order valence-electron chi connectivity index (χ4n) is 0.972. The molecule has 0 aliphatic carbocycles. The second-order valence-corrected chi connectivity index (χ2v) is 2.99. The molecular weight excluding hydrogens is 154 g/mol. The highest BCUT2D eigenvalue weighted by atomic mass is 16.4. The number of aryl methyl sites for hydroxylation is 1. The van der Waals surface area contributed by atoms with Gasteiger partial charge in [0.25, 0.3) is 0 Å². The van der Waals surface area contributed by atoms with E-state index in [-0.39, 0.29) is 12.5 Å². The molecule has 1 atom stereocenters. The van der Waals surface area contributed by atoms with Crippen LogP contribution in [0.4, 0.5) is 0 Å². The molecule has 0 aromatic carbocycles. The van der Waals surface area contributed by atoms with Gasteiger partial charge in [-0.3, -0.25) is 0 Å². The topological polar surface area (TPSA) is 46.3 Å². The van der Waals surface area contributed by atoms with Crippen molar-refractivity contribution in [2.45, 2.75) is 32.6 Å². The summed E-state index contributed by atoms with van der Waals surface area (Å²) in [5, 5.41) is 8.84. The quantitative estimate of drug-likeness (QED) is 0.746. The Morgan fingerprint density at radius 3 is 3.00 bits per heavy atom. The van der Waals surface area contributed by atoms with E-state index in [0.717, 1.165) is 24.5 Å². The molecule has 0 amide bonds. The molecule has 0 fully saturated rings. The molecular formula is C9H15NO2. The predicted octanol–water partition coefficient (Wildman–Crippen LogP) is 1.72. The van der Waals surface area contributed by atoms with Gasteiger partial charge in [0.2, 0.25) is 0 Å². The van der Waals surface area contributed by atoms with Gasteiger partial charge >= 0.3 is 0 Å². The zero-order valence-electron chi connectivity index (χ0n) is 7.58. The van der Waals surface area contributed by atoms with Crippen molar-refractivity contribution in [2.75, 3.05) is 6.61 Å². The van der Waals surface area contributed by atoms with Crippen LogP contribution < -0.4 is 0 Å². The number of nitrogens with zero attached hydrogens (tertiary/aromatic N) is 1. The second kappa shape index (κ2) is 4.26. The molecule has 0 saturated carbocycles. The van der Waals surface area contributed by atoms with E-state index >= 15 is 0 Å². The third-order valence-corrected chi connectivity index (χ3v) is 1.79. The second-order valence-electron chi connectivity index (χ2n) is 2.99. The molecule has 0 saturated heterocycles. The summed E-state index contributed by atoms with van der Waals surface area (Å²) < 4.78 is 5.41. The van der Waals surface area contributed by atoms with Crippen LogP contribution in [0.25, 0.3) is 0 Å². The number of aromatic nitrogens is 1. The van der Waals surface area contributed by atoms with E-state index in [9.17, 15) is 0 Å². The van der Waals surface area contributed by atoms with E-state index in [2.05, 4.69) is 11.9 Å². The SMILES string of the molecule is CCCc1ncc(C(C)CO)o1. The van der Waals surface area contributed by atoms with Gasteiger partial charge in [-0.05, 0) is 6.42 Å².